The first-order valence-electron chi connectivity index (χ1n) is 7.09. The van der Waals surface area contributed by atoms with Gasteiger partial charge in [-0.2, -0.15) is 0 Å². The minimum absolute atomic E-state index is 0.00423. The summed E-state index contributed by atoms with van der Waals surface area (Å²) in [5.74, 6) is -0.00423. The van der Waals surface area contributed by atoms with Crippen LogP contribution < -0.4 is 0 Å². The zero-order valence-electron chi connectivity index (χ0n) is 12.2. The van der Waals surface area contributed by atoms with Crippen LogP contribution in [0.4, 0.5) is 0 Å². The monoisotopic (exact) mass is 302 g/mol. The molecule has 1 aromatic heterocycles. The van der Waals surface area contributed by atoms with Gasteiger partial charge in [0.05, 0.1) is 12.2 Å². The fourth-order valence-electron chi connectivity index (χ4n) is 2.59. The number of nitrogens with zero attached hydrogens (tertiary/aromatic N) is 2. The van der Waals surface area contributed by atoms with Crippen LogP contribution in [0.15, 0.2) is 35.7 Å². The molecular weight excluding hydrogens is 284 g/mol. The number of hydrogen-bond donors (Lipinski definition) is 0. The number of carbonyl (C=O) groups is 1. The summed E-state index contributed by atoms with van der Waals surface area (Å²) in [5, 5.41) is 2.73. The Morgan fingerprint density at radius 2 is 1.90 bits per heavy atom. The molecule has 0 bridgehead atoms. The molecule has 21 heavy (non-hydrogen) atoms. The van der Waals surface area contributed by atoms with Crippen LogP contribution in [-0.2, 0) is 4.74 Å². The number of morpholine rings is 1. The summed E-state index contributed by atoms with van der Waals surface area (Å²) in [6, 6.07) is 9.94. The lowest BCUT2D eigenvalue weighted by molar-refractivity contribution is -0.0587. The molecule has 2 heterocycles. The normalized spacial score (nSPS) is 22.3. The average molecular weight is 302 g/mol. The first-order valence-corrected chi connectivity index (χ1v) is 7.97. The van der Waals surface area contributed by atoms with Gasteiger partial charge in [0, 0.05) is 24.0 Å². The van der Waals surface area contributed by atoms with Crippen LogP contribution >= 0.6 is 11.3 Å². The molecule has 1 amide bonds. The van der Waals surface area contributed by atoms with Gasteiger partial charge >= 0.3 is 0 Å². The Morgan fingerprint density at radius 3 is 2.57 bits per heavy atom. The number of thiazole rings is 1. The average Bonchev–Trinajstić information content (AvgIpc) is 2.96. The van der Waals surface area contributed by atoms with Crippen molar-refractivity contribution in [3.05, 3.63) is 41.4 Å². The zero-order valence-corrected chi connectivity index (χ0v) is 13.0. The minimum Gasteiger partial charge on any atom is -0.372 e. The van der Waals surface area contributed by atoms with Crippen LogP contribution in [0.1, 0.15) is 24.3 Å². The van der Waals surface area contributed by atoms with Crippen LogP contribution in [0, 0.1) is 0 Å². The van der Waals surface area contributed by atoms with E-state index < -0.39 is 0 Å². The summed E-state index contributed by atoms with van der Waals surface area (Å²) in [7, 11) is 0. The molecule has 2 unspecified atom stereocenters. The Balaban J connectivity index is 1.78. The van der Waals surface area contributed by atoms with Gasteiger partial charge in [0.25, 0.3) is 5.91 Å². The Morgan fingerprint density at radius 1 is 1.24 bits per heavy atom. The van der Waals surface area contributed by atoms with Crippen LogP contribution in [0.2, 0.25) is 0 Å². The SMILES string of the molecule is CC1CN(C(=O)c2csc(-c3ccccc3)n2)CC(C)O1. The maximum Gasteiger partial charge on any atom is 0.273 e. The van der Waals surface area contributed by atoms with Gasteiger partial charge < -0.3 is 9.64 Å². The van der Waals surface area contributed by atoms with Gasteiger partial charge in [-0.15, -0.1) is 11.3 Å². The number of ether oxygens (including phenoxy) is 1. The first kappa shape index (κ1) is 14.2. The predicted octanol–water partition coefficient (Wildman–Crippen LogP) is 3.06. The Bertz CT molecular complexity index is 616. The highest BCUT2D eigenvalue weighted by atomic mass is 32.1. The number of carbonyl (C=O) groups excluding carboxylic acids is 1. The van der Waals surface area contributed by atoms with Crippen molar-refractivity contribution < 1.29 is 9.53 Å². The van der Waals surface area contributed by atoms with Crippen molar-refractivity contribution in [3.63, 3.8) is 0 Å². The number of hydrogen-bond acceptors (Lipinski definition) is 4. The molecule has 1 fully saturated rings. The Kier molecular flexibility index (Phi) is 4.03. The van der Waals surface area contributed by atoms with Gasteiger partial charge in [-0.25, -0.2) is 4.98 Å². The molecule has 2 atom stereocenters. The molecule has 5 heteroatoms. The van der Waals surface area contributed by atoms with E-state index in [2.05, 4.69) is 4.98 Å². The second-order valence-electron chi connectivity index (χ2n) is 5.37. The summed E-state index contributed by atoms with van der Waals surface area (Å²) >= 11 is 1.51. The fourth-order valence-corrected chi connectivity index (χ4v) is 3.39. The second-order valence-corrected chi connectivity index (χ2v) is 6.23. The maximum atomic E-state index is 12.6. The van der Waals surface area contributed by atoms with E-state index in [0.717, 1.165) is 10.6 Å². The van der Waals surface area contributed by atoms with Crippen LogP contribution in [0.5, 0.6) is 0 Å². The van der Waals surface area contributed by atoms with Gasteiger partial charge in [-0.05, 0) is 13.8 Å². The van der Waals surface area contributed by atoms with E-state index in [9.17, 15) is 4.79 Å². The third-order valence-electron chi connectivity index (χ3n) is 3.45. The summed E-state index contributed by atoms with van der Waals surface area (Å²) < 4.78 is 5.67. The van der Waals surface area contributed by atoms with Gasteiger partial charge in [0.15, 0.2) is 0 Å². The second kappa shape index (κ2) is 5.95. The van der Waals surface area contributed by atoms with Crippen LogP contribution in [-0.4, -0.2) is 41.1 Å². The molecule has 4 nitrogen and oxygen atoms in total. The molecule has 110 valence electrons. The number of rotatable bonds is 2. The molecule has 1 aliphatic heterocycles. The van der Waals surface area contributed by atoms with E-state index in [1.807, 2.05) is 54.5 Å². The maximum absolute atomic E-state index is 12.6. The van der Waals surface area contributed by atoms with Crippen molar-refractivity contribution in [2.75, 3.05) is 13.1 Å². The lowest BCUT2D eigenvalue weighted by atomic mass is 10.2. The van der Waals surface area contributed by atoms with Crippen molar-refractivity contribution >= 4 is 17.2 Å². The van der Waals surface area contributed by atoms with E-state index >= 15 is 0 Å². The fraction of sp³-hybridized carbons (Fsp3) is 0.375. The molecule has 0 saturated carbocycles. The highest BCUT2D eigenvalue weighted by Gasteiger charge is 2.27. The van der Waals surface area contributed by atoms with Crippen molar-refractivity contribution in [1.29, 1.82) is 0 Å². The zero-order chi connectivity index (χ0) is 14.8. The summed E-state index contributed by atoms with van der Waals surface area (Å²) in [4.78, 5) is 18.9. The Hall–Kier alpha value is -1.72. The Labute approximate surface area is 128 Å². The molecular formula is C16H18N2O2S. The van der Waals surface area contributed by atoms with Gasteiger partial charge in [0.1, 0.15) is 10.7 Å². The van der Waals surface area contributed by atoms with E-state index in [0.29, 0.717) is 18.8 Å². The number of benzene rings is 1. The van der Waals surface area contributed by atoms with Crippen LogP contribution in [0.25, 0.3) is 10.6 Å². The lowest BCUT2D eigenvalue weighted by Gasteiger charge is -2.34. The van der Waals surface area contributed by atoms with E-state index in [1.54, 1.807) is 0 Å². The summed E-state index contributed by atoms with van der Waals surface area (Å²) in [6.45, 7) is 5.24. The highest BCUT2D eigenvalue weighted by molar-refractivity contribution is 7.13. The third-order valence-corrected chi connectivity index (χ3v) is 4.34. The minimum atomic E-state index is -0.00423. The molecule has 2 aromatic rings. The van der Waals surface area contributed by atoms with Gasteiger partial charge in [-0.1, -0.05) is 30.3 Å². The molecule has 0 aliphatic carbocycles. The molecule has 1 saturated heterocycles. The third kappa shape index (κ3) is 3.14. The summed E-state index contributed by atoms with van der Waals surface area (Å²) in [6.07, 6.45) is 0.148. The smallest absolute Gasteiger partial charge is 0.273 e. The van der Waals surface area contributed by atoms with Gasteiger partial charge in [-0.3, -0.25) is 4.79 Å². The largest absolute Gasteiger partial charge is 0.372 e. The van der Waals surface area contributed by atoms with Crippen molar-refractivity contribution in [3.8, 4) is 10.6 Å². The standard InChI is InChI=1S/C16H18N2O2S/c1-11-8-18(9-12(2)20-11)16(19)14-10-21-15(17-14)13-6-4-3-5-7-13/h3-7,10-12H,8-9H2,1-2H3. The molecule has 3 rings (SSSR count). The highest BCUT2D eigenvalue weighted by Crippen LogP contribution is 2.24. The van der Waals surface area contributed by atoms with E-state index in [1.165, 1.54) is 11.3 Å². The van der Waals surface area contributed by atoms with E-state index in [4.69, 9.17) is 4.74 Å². The summed E-state index contributed by atoms with van der Waals surface area (Å²) in [5.41, 5.74) is 1.57. The first-order chi connectivity index (χ1) is 10.1. The van der Waals surface area contributed by atoms with Crippen molar-refractivity contribution in [2.45, 2.75) is 26.1 Å². The van der Waals surface area contributed by atoms with Crippen molar-refractivity contribution in [2.24, 2.45) is 0 Å². The molecule has 0 radical (unpaired) electrons. The molecule has 1 aliphatic rings. The number of amides is 1. The lowest BCUT2D eigenvalue weighted by Crippen LogP contribution is -2.48. The number of aromatic nitrogens is 1. The molecule has 0 spiro atoms. The molecule has 1 aromatic carbocycles. The topological polar surface area (TPSA) is 42.4 Å². The quantitative estimate of drug-likeness (QED) is 0.856. The predicted molar refractivity (Wildman–Crippen MR) is 83.5 cm³/mol. The van der Waals surface area contributed by atoms with Gasteiger partial charge in [0.2, 0.25) is 0 Å². The molecule has 0 N–H and O–H groups in total. The van der Waals surface area contributed by atoms with Crippen molar-refractivity contribution in [1.82, 2.24) is 9.88 Å². The van der Waals surface area contributed by atoms with Crippen LogP contribution in [0.3, 0.4) is 0 Å². The van der Waals surface area contributed by atoms with E-state index in [-0.39, 0.29) is 18.1 Å².